The molecule has 0 amide bonds. The van der Waals surface area contributed by atoms with Gasteiger partial charge in [0.1, 0.15) is 23.0 Å². The van der Waals surface area contributed by atoms with Crippen LogP contribution in [0.1, 0.15) is 28.6 Å². The first-order chi connectivity index (χ1) is 6.61. The van der Waals surface area contributed by atoms with Crippen molar-refractivity contribution in [2.45, 2.75) is 13.8 Å². The quantitative estimate of drug-likeness (QED) is 0.715. The van der Waals surface area contributed by atoms with E-state index in [0.29, 0.717) is 5.76 Å². The van der Waals surface area contributed by atoms with Gasteiger partial charge in [-0.3, -0.25) is 0 Å². The molecular weight excluding hydrogens is 184 g/mol. The number of hydrogen-bond acceptors (Lipinski definition) is 5. The maximum absolute atomic E-state index is 11.4. The number of ether oxygens (including phenoxy) is 1. The highest BCUT2D eigenvalue weighted by atomic mass is 16.5. The fraction of sp³-hybridized carbons (Fsp3) is 0.333. The summed E-state index contributed by atoms with van der Waals surface area (Å²) in [6.07, 6.45) is 0. The molecule has 0 aliphatic heterocycles. The fourth-order valence-corrected chi connectivity index (χ4v) is 1.13. The molecule has 1 rings (SSSR count). The van der Waals surface area contributed by atoms with E-state index in [1.807, 2.05) is 0 Å². The number of nitriles is 1. The van der Waals surface area contributed by atoms with Gasteiger partial charge in [0.25, 0.3) is 0 Å². The number of carbonyl (C=O) groups is 1. The molecule has 0 spiro atoms. The van der Waals surface area contributed by atoms with E-state index in [0.717, 1.165) is 0 Å². The lowest BCUT2D eigenvalue weighted by atomic mass is 10.1. The summed E-state index contributed by atoms with van der Waals surface area (Å²) in [5.41, 5.74) is 5.55. The van der Waals surface area contributed by atoms with Gasteiger partial charge in [0.2, 0.25) is 5.88 Å². The van der Waals surface area contributed by atoms with Crippen LogP contribution >= 0.6 is 0 Å². The average Bonchev–Trinajstić information content (AvgIpc) is 2.40. The molecule has 0 aliphatic carbocycles. The van der Waals surface area contributed by atoms with Crippen molar-refractivity contribution >= 4 is 11.9 Å². The number of esters is 1. The first-order valence-electron chi connectivity index (χ1n) is 4.07. The highest BCUT2D eigenvalue weighted by Gasteiger charge is 2.22. The smallest absolute Gasteiger partial charge is 0.343 e. The van der Waals surface area contributed by atoms with Crippen molar-refractivity contribution in [3.05, 3.63) is 16.9 Å². The fourth-order valence-electron chi connectivity index (χ4n) is 1.13. The van der Waals surface area contributed by atoms with Crippen molar-refractivity contribution in [1.29, 1.82) is 5.26 Å². The summed E-state index contributed by atoms with van der Waals surface area (Å²) in [6.45, 7) is 3.49. The number of nitrogens with zero attached hydrogens (tertiary/aromatic N) is 1. The minimum Gasteiger partial charge on any atom is -0.462 e. The summed E-state index contributed by atoms with van der Waals surface area (Å²) >= 11 is 0. The molecule has 0 radical (unpaired) electrons. The zero-order chi connectivity index (χ0) is 10.7. The predicted molar refractivity (Wildman–Crippen MR) is 48.5 cm³/mol. The molecule has 5 heteroatoms. The van der Waals surface area contributed by atoms with Gasteiger partial charge in [-0.2, -0.15) is 5.26 Å². The maximum Gasteiger partial charge on any atom is 0.343 e. The molecule has 1 aromatic heterocycles. The largest absolute Gasteiger partial charge is 0.462 e. The van der Waals surface area contributed by atoms with Crippen molar-refractivity contribution in [3.8, 4) is 6.07 Å². The van der Waals surface area contributed by atoms with Gasteiger partial charge >= 0.3 is 5.97 Å². The second-order valence-electron chi connectivity index (χ2n) is 2.60. The lowest BCUT2D eigenvalue weighted by Gasteiger charge is -1.99. The molecule has 0 unspecified atom stereocenters. The summed E-state index contributed by atoms with van der Waals surface area (Å²) in [7, 11) is 0. The van der Waals surface area contributed by atoms with Gasteiger partial charge in [-0.05, 0) is 13.8 Å². The Hall–Kier alpha value is -1.96. The van der Waals surface area contributed by atoms with E-state index in [1.165, 1.54) is 0 Å². The lowest BCUT2D eigenvalue weighted by molar-refractivity contribution is 0.0524. The predicted octanol–water partition coefficient (Wildman–Crippen LogP) is 1.22. The number of carbonyl (C=O) groups excluding carboxylic acids is 1. The van der Waals surface area contributed by atoms with E-state index in [9.17, 15) is 4.79 Å². The monoisotopic (exact) mass is 194 g/mol. The third-order valence-corrected chi connectivity index (χ3v) is 1.70. The molecule has 1 aromatic rings. The number of hydrogen-bond donors (Lipinski definition) is 1. The van der Waals surface area contributed by atoms with Crippen LogP contribution in [0.25, 0.3) is 0 Å². The van der Waals surface area contributed by atoms with Crippen molar-refractivity contribution in [2.75, 3.05) is 12.3 Å². The van der Waals surface area contributed by atoms with Crippen LogP contribution in [0.5, 0.6) is 0 Å². The van der Waals surface area contributed by atoms with Crippen LogP contribution in [0.2, 0.25) is 0 Å². The molecule has 0 fully saturated rings. The van der Waals surface area contributed by atoms with Gasteiger partial charge in [0.15, 0.2) is 0 Å². The van der Waals surface area contributed by atoms with Crippen molar-refractivity contribution in [2.24, 2.45) is 0 Å². The third kappa shape index (κ3) is 1.55. The molecule has 5 nitrogen and oxygen atoms in total. The zero-order valence-corrected chi connectivity index (χ0v) is 7.96. The van der Waals surface area contributed by atoms with Crippen LogP contribution in [-0.4, -0.2) is 12.6 Å². The molecule has 0 aliphatic rings. The van der Waals surface area contributed by atoms with Gasteiger partial charge in [-0.1, -0.05) is 0 Å². The second kappa shape index (κ2) is 3.83. The molecular formula is C9H10N2O3. The Morgan fingerprint density at radius 2 is 2.36 bits per heavy atom. The van der Waals surface area contributed by atoms with E-state index in [4.69, 9.17) is 20.1 Å². The maximum atomic E-state index is 11.4. The summed E-state index contributed by atoms with van der Waals surface area (Å²) in [4.78, 5) is 11.4. The van der Waals surface area contributed by atoms with E-state index in [2.05, 4.69) is 0 Å². The molecule has 14 heavy (non-hydrogen) atoms. The number of rotatable bonds is 2. The Morgan fingerprint density at radius 1 is 1.71 bits per heavy atom. The normalized spacial score (nSPS) is 9.50. The Bertz CT molecular complexity index is 401. The molecule has 0 saturated heterocycles. The molecule has 74 valence electrons. The first kappa shape index (κ1) is 10.1. The average molecular weight is 194 g/mol. The zero-order valence-electron chi connectivity index (χ0n) is 7.96. The van der Waals surface area contributed by atoms with Crippen LogP contribution in [0, 0.1) is 18.3 Å². The Balaban J connectivity index is 3.20. The van der Waals surface area contributed by atoms with Crippen LogP contribution in [0.15, 0.2) is 4.42 Å². The van der Waals surface area contributed by atoms with Crippen molar-refractivity contribution < 1.29 is 13.9 Å². The van der Waals surface area contributed by atoms with Crippen molar-refractivity contribution in [3.63, 3.8) is 0 Å². The summed E-state index contributed by atoms with van der Waals surface area (Å²) in [5.74, 6) is -0.326. The minimum atomic E-state index is -0.581. The van der Waals surface area contributed by atoms with E-state index >= 15 is 0 Å². The number of nitrogens with two attached hydrogens (primary N) is 1. The number of aryl methyl sites for hydroxylation is 1. The Labute approximate surface area is 81.1 Å². The standard InChI is InChI=1S/C9H10N2O3/c1-3-13-9(12)7-5(2)14-8(11)6(7)4-10/h3,11H2,1-2H3. The van der Waals surface area contributed by atoms with E-state index < -0.39 is 5.97 Å². The topological polar surface area (TPSA) is 89.2 Å². The molecule has 2 N–H and O–H groups in total. The number of furan rings is 1. The molecule has 0 aromatic carbocycles. The van der Waals surface area contributed by atoms with Crippen LogP contribution < -0.4 is 5.73 Å². The highest BCUT2D eigenvalue weighted by Crippen LogP contribution is 2.24. The third-order valence-electron chi connectivity index (χ3n) is 1.70. The molecule has 0 saturated carbocycles. The van der Waals surface area contributed by atoms with Crippen molar-refractivity contribution in [1.82, 2.24) is 0 Å². The molecule has 1 heterocycles. The second-order valence-corrected chi connectivity index (χ2v) is 2.60. The van der Waals surface area contributed by atoms with Crippen LogP contribution in [0.3, 0.4) is 0 Å². The van der Waals surface area contributed by atoms with Crippen LogP contribution in [0.4, 0.5) is 5.88 Å². The number of nitrogen functional groups attached to an aromatic ring is 1. The summed E-state index contributed by atoms with van der Waals surface area (Å²) < 4.78 is 9.72. The number of anilines is 1. The Morgan fingerprint density at radius 3 is 2.86 bits per heavy atom. The SMILES string of the molecule is CCOC(=O)c1c(C)oc(N)c1C#N. The highest BCUT2D eigenvalue weighted by molar-refractivity contribution is 5.94. The van der Waals surface area contributed by atoms with E-state index in [-0.39, 0.29) is 23.6 Å². The van der Waals surface area contributed by atoms with Gasteiger partial charge < -0.3 is 14.9 Å². The minimum absolute atomic E-state index is 0.0425. The summed E-state index contributed by atoms with van der Waals surface area (Å²) in [5, 5.41) is 8.73. The Kier molecular flexibility index (Phi) is 2.77. The van der Waals surface area contributed by atoms with Gasteiger partial charge in [-0.15, -0.1) is 0 Å². The van der Waals surface area contributed by atoms with Gasteiger partial charge in [0, 0.05) is 0 Å². The van der Waals surface area contributed by atoms with E-state index in [1.54, 1.807) is 19.9 Å². The lowest BCUT2D eigenvalue weighted by Crippen LogP contribution is -2.07. The summed E-state index contributed by atoms with van der Waals surface area (Å²) in [6, 6.07) is 1.80. The first-order valence-corrected chi connectivity index (χ1v) is 4.07. The van der Waals surface area contributed by atoms with Crippen LogP contribution in [-0.2, 0) is 4.74 Å². The van der Waals surface area contributed by atoms with Gasteiger partial charge in [0.05, 0.1) is 6.61 Å². The molecule has 0 bridgehead atoms. The molecule has 0 atom stereocenters. The van der Waals surface area contributed by atoms with Gasteiger partial charge in [-0.25, -0.2) is 4.79 Å².